The highest BCUT2D eigenvalue weighted by Crippen LogP contribution is 1.88. The van der Waals surface area contributed by atoms with Crippen molar-refractivity contribution in [3.8, 4) is 0 Å². The van der Waals surface area contributed by atoms with E-state index in [1.54, 1.807) is 6.92 Å². The average Bonchev–Trinajstić information content (AvgIpc) is 2.12. The molecule has 0 bridgehead atoms. The van der Waals surface area contributed by atoms with E-state index in [2.05, 4.69) is 15.4 Å². The molecule has 2 amide bonds. The molecule has 0 aliphatic carbocycles. The number of ether oxygens (including phenoxy) is 1. The van der Waals surface area contributed by atoms with E-state index in [1.165, 1.54) is 0 Å². The summed E-state index contributed by atoms with van der Waals surface area (Å²) in [4.78, 5) is 21.8. The maximum absolute atomic E-state index is 11.1. The van der Waals surface area contributed by atoms with Gasteiger partial charge in [-0.05, 0) is 6.92 Å². The van der Waals surface area contributed by atoms with E-state index >= 15 is 0 Å². The smallest absolute Gasteiger partial charge is 0.407 e. The summed E-state index contributed by atoms with van der Waals surface area (Å²) in [7, 11) is 0. The van der Waals surface area contributed by atoms with Crippen molar-refractivity contribution < 1.29 is 14.3 Å². The van der Waals surface area contributed by atoms with Crippen LogP contribution in [0.3, 0.4) is 0 Å². The fraction of sp³-hybridized carbons (Fsp3) is 0.778. The Balaban J connectivity index is 3.38. The maximum Gasteiger partial charge on any atom is 0.407 e. The Kier molecular flexibility index (Phi) is 6.53. The normalized spacial score (nSPS) is 9.71. The second-order valence-corrected chi connectivity index (χ2v) is 3.09. The topological polar surface area (TPSA) is 67.4 Å². The predicted molar refractivity (Wildman–Crippen MR) is 52.9 cm³/mol. The highest BCUT2D eigenvalue weighted by Gasteiger charge is 2.05. The first-order valence-corrected chi connectivity index (χ1v) is 4.76. The SMILES string of the molecule is CCOC(=O)NCCNC(=O)C(C)C. The van der Waals surface area contributed by atoms with Gasteiger partial charge < -0.3 is 15.4 Å². The summed E-state index contributed by atoms with van der Waals surface area (Å²) in [6.45, 7) is 6.53. The third kappa shape index (κ3) is 6.28. The van der Waals surface area contributed by atoms with Crippen molar-refractivity contribution in [2.75, 3.05) is 19.7 Å². The van der Waals surface area contributed by atoms with Gasteiger partial charge >= 0.3 is 6.09 Å². The van der Waals surface area contributed by atoms with E-state index in [-0.39, 0.29) is 11.8 Å². The molecule has 0 atom stereocenters. The monoisotopic (exact) mass is 202 g/mol. The molecule has 82 valence electrons. The van der Waals surface area contributed by atoms with Crippen molar-refractivity contribution in [1.82, 2.24) is 10.6 Å². The van der Waals surface area contributed by atoms with Crippen LogP contribution in [0.2, 0.25) is 0 Å². The molecule has 0 aliphatic rings. The molecule has 2 N–H and O–H groups in total. The first-order chi connectivity index (χ1) is 6.57. The van der Waals surface area contributed by atoms with Crippen LogP contribution in [-0.4, -0.2) is 31.7 Å². The molecule has 14 heavy (non-hydrogen) atoms. The van der Waals surface area contributed by atoms with Crippen LogP contribution in [0.1, 0.15) is 20.8 Å². The van der Waals surface area contributed by atoms with Crippen LogP contribution in [0.5, 0.6) is 0 Å². The zero-order valence-corrected chi connectivity index (χ0v) is 8.92. The highest BCUT2D eigenvalue weighted by molar-refractivity contribution is 5.77. The Hall–Kier alpha value is -1.26. The lowest BCUT2D eigenvalue weighted by Crippen LogP contribution is -2.36. The molecule has 0 rings (SSSR count). The molecule has 0 heterocycles. The van der Waals surface area contributed by atoms with Gasteiger partial charge in [-0.2, -0.15) is 0 Å². The summed E-state index contributed by atoms with van der Waals surface area (Å²) < 4.78 is 4.63. The lowest BCUT2D eigenvalue weighted by Gasteiger charge is -2.08. The zero-order chi connectivity index (χ0) is 11.0. The van der Waals surface area contributed by atoms with Crippen molar-refractivity contribution in [3.63, 3.8) is 0 Å². The molecule has 0 saturated heterocycles. The zero-order valence-electron chi connectivity index (χ0n) is 8.92. The molecule has 5 heteroatoms. The Morgan fingerprint density at radius 2 is 1.79 bits per heavy atom. The Labute approximate surface area is 84.2 Å². The van der Waals surface area contributed by atoms with Crippen LogP contribution in [0.4, 0.5) is 4.79 Å². The molecule has 0 aliphatic heterocycles. The molecule has 0 saturated carbocycles. The summed E-state index contributed by atoms with van der Waals surface area (Å²) in [5, 5.41) is 5.17. The van der Waals surface area contributed by atoms with Gasteiger partial charge in [0.1, 0.15) is 0 Å². The summed E-state index contributed by atoms with van der Waals surface area (Å²) in [6, 6.07) is 0. The first kappa shape index (κ1) is 12.7. The summed E-state index contributed by atoms with van der Waals surface area (Å²) in [6.07, 6.45) is -0.453. The second-order valence-electron chi connectivity index (χ2n) is 3.09. The van der Waals surface area contributed by atoms with Crippen LogP contribution in [0.25, 0.3) is 0 Å². The van der Waals surface area contributed by atoms with E-state index in [1.807, 2.05) is 13.8 Å². The van der Waals surface area contributed by atoms with Crippen molar-refractivity contribution in [2.24, 2.45) is 5.92 Å². The van der Waals surface area contributed by atoms with E-state index in [4.69, 9.17) is 0 Å². The van der Waals surface area contributed by atoms with Gasteiger partial charge in [0.05, 0.1) is 6.61 Å². The van der Waals surface area contributed by atoms with E-state index in [0.29, 0.717) is 19.7 Å². The molecule has 5 nitrogen and oxygen atoms in total. The number of amides is 2. The fourth-order valence-electron chi connectivity index (χ4n) is 0.737. The van der Waals surface area contributed by atoms with Crippen LogP contribution in [0, 0.1) is 5.92 Å². The van der Waals surface area contributed by atoms with E-state index < -0.39 is 6.09 Å². The summed E-state index contributed by atoms with van der Waals surface area (Å²) in [5.41, 5.74) is 0. The van der Waals surface area contributed by atoms with Gasteiger partial charge in [-0.15, -0.1) is 0 Å². The van der Waals surface area contributed by atoms with Crippen molar-refractivity contribution in [2.45, 2.75) is 20.8 Å². The van der Waals surface area contributed by atoms with E-state index in [9.17, 15) is 9.59 Å². The lowest BCUT2D eigenvalue weighted by atomic mass is 10.2. The fourth-order valence-corrected chi connectivity index (χ4v) is 0.737. The van der Waals surface area contributed by atoms with Crippen molar-refractivity contribution in [1.29, 1.82) is 0 Å². The first-order valence-electron chi connectivity index (χ1n) is 4.76. The Morgan fingerprint density at radius 1 is 1.21 bits per heavy atom. The molecule has 0 fully saturated rings. The second kappa shape index (κ2) is 7.17. The minimum Gasteiger partial charge on any atom is -0.450 e. The summed E-state index contributed by atoms with van der Waals surface area (Å²) >= 11 is 0. The molecule has 0 unspecified atom stereocenters. The molecule has 0 spiro atoms. The number of carbonyl (C=O) groups excluding carboxylic acids is 2. The van der Waals surface area contributed by atoms with Gasteiger partial charge in [-0.1, -0.05) is 13.8 Å². The third-order valence-electron chi connectivity index (χ3n) is 1.49. The van der Waals surface area contributed by atoms with Crippen LogP contribution in [-0.2, 0) is 9.53 Å². The largest absolute Gasteiger partial charge is 0.450 e. The number of alkyl carbamates (subject to hydrolysis) is 1. The number of nitrogens with one attached hydrogen (secondary N) is 2. The molecule has 0 aromatic rings. The van der Waals surface area contributed by atoms with Crippen LogP contribution in [0.15, 0.2) is 0 Å². The average molecular weight is 202 g/mol. The van der Waals surface area contributed by atoms with Gasteiger partial charge in [-0.3, -0.25) is 4.79 Å². The van der Waals surface area contributed by atoms with Crippen molar-refractivity contribution >= 4 is 12.0 Å². The van der Waals surface area contributed by atoms with Crippen molar-refractivity contribution in [3.05, 3.63) is 0 Å². The van der Waals surface area contributed by atoms with Gasteiger partial charge in [0.2, 0.25) is 5.91 Å². The molecule has 0 radical (unpaired) electrons. The number of hydrogen-bond acceptors (Lipinski definition) is 3. The highest BCUT2D eigenvalue weighted by atomic mass is 16.5. The number of hydrogen-bond donors (Lipinski definition) is 2. The molecular formula is C9H18N2O3. The Bertz CT molecular complexity index is 192. The predicted octanol–water partition coefficient (Wildman–Crippen LogP) is 0.505. The molecular weight excluding hydrogens is 184 g/mol. The van der Waals surface area contributed by atoms with Gasteiger partial charge in [0.25, 0.3) is 0 Å². The standard InChI is InChI=1S/C9H18N2O3/c1-4-14-9(13)11-6-5-10-8(12)7(2)3/h7H,4-6H2,1-3H3,(H,10,12)(H,11,13). The number of carbonyl (C=O) groups is 2. The molecule has 0 aromatic heterocycles. The molecule has 0 aromatic carbocycles. The lowest BCUT2D eigenvalue weighted by molar-refractivity contribution is -0.123. The third-order valence-corrected chi connectivity index (χ3v) is 1.49. The minimum absolute atomic E-state index is 0.0179. The summed E-state index contributed by atoms with van der Waals surface area (Å²) in [5.74, 6) is -0.0479. The quantitative estimate of drug-likeness (QED) is 0.638. The van der Waals surface area contributed by atoms with Crippen LogP contribution >= 0.6 is 0 Å². The number of rotatable bonds is 5. The van der Waals surface area contributed by atoms with Gasteiger partial charge in [0.15, 0.2) is 0 Å². The maximum atomic E-state index is 11.1. The van der Waals surface area contributed by atoms with Crippen LogP contribution < -0.4 is 10.6 Å². The van der Waals surface area contributed by atoms with Gasteiger partial charge in [-0.25, -0.2) is 4.79 Å². The van der Waals surface area contributed by atoms with Gasteiger partial charge in [0, 0.05) is 19.0 Å². The Morgan fingerprint density at radius 3 is 2.29 bits per heavy atom. The minimum atomic E-state index is -0.453. The van der Waals surface area contributed by atoms with E-state index in [0.717, 1.165) is 0 Å².